The molecule has 1 aliphatic carbocycles. The van der Waals surface area contributed by atoms with E-state index in [1.54, 1.807) is 7.11 Å². The fraction of sp³-hybridized carbons (Fsp3) is 0.818. The Labute approximate surface area is 95.2 Å². The monoisotopic (exact) mass is 229 g/mol. The zero-order valence-corrected chi connectivity index (χ0v) is 9.73. The van der Waals surface area contributed by atoms with Gasteiger partial charge in [0.05, 0.1) is 18.4 Å². The van der Waals surface area contributed by atoms with E-state index >= 15 is 0 Å². The molecule has 16 heavy (non-hydrogen) atoms. The molecule has 1 aliphatic rings. The summed E-state index contributed by atoms with van der Waals surface area (Å²) in [4.78, 5) is 22.7. The topological polar surface area (TPSA) is 75.6 Å². The fourth-order valence-electron chi connectivity index (χ4n) is 2.26. The second-order valence-corrected chi connectivity index (χ2v) is 4.41. The van der Waals surface area contributed by atoms with Gasteiger partial charge in [-0.1, -0.05) is 6.92 Å². The molecule has 1 amide bonds. The Balaban J connectivity index is 2.50. The SMILES string of the molecule is COCCNC(=O)C1CC(C)CC1C(=O)O. The molecule has 0 saturated heterocycles. The van der Waals surface area contributed by atoms with Crippen molar-refractivity contribution in [2.75, 3.05) is 20.3 Å². The summed E-state index contributed by atoms with van der Waals surface area (Å²) in [5, 5.41) is 11.7. The molecule has 92 valence electrons. The van der Waals surface area contributed by atoms with Gasteiger partial charge in [0.2, 0.25) is 5.91 Å². The second-order valence-electron chi connectivity index (χ2n) is 4.41. The number of hydrogen-bond donors (Lipinski definition) is 2. The molecule has 5 heteroatoms. The highest BCUT2D eigenvalue weighted by molar-refractivity contribution is 5.85. The van der Waals surface area contributed by atoms with Gasteiger partial charge in [-0.15, -0.1) is 0 Å². The van der Waals surface area contributed by atoms with Crippen molar-refractivity contribution in [3.05, 3.63) is 0 Å². The van der Waals surface area contributed by atoms with Crippen LogP contribution in [0.5, 0.6) is 0 Å². The number of carbonyl (C=O) groups excluding carboxylic acids is 1. The fourth-order valence-corrected chi connectivity index (χ4v) is 2.26. The molecule has 0 aromatic heterocycles. The van der Waals surface area contributed by atoms with Crippen LogP contribution in [0.1, 0.15) is 19.8 Å². The summed E-state index contributed by atoms with van der Waals surface area (Å²) in [6, 6.07) is 0. The summed E-state index contributed by atoms with van der Waals surface area (Å²) in [5.41, 5.74) is 0. The maximum atomic E-state index is 11.8. The van der Waals surface area contributed by atoms with Crippen LogP contribution >= 0.6 is 0 Å². The summed E-state index contributed by atoms with van der Waals surface area (Å²) in [6.07, 6.45) is 1.26. The Kier molecular flexibility index (Phi) is 4.73. The predicted molar refractivity (Wildman–Crippen MR) is 57.9 cm³/mol. The number of amides is 1. The standard InChI is InChI=1S/C11H19NO4/c1-7-5-8(9(6-7)11(14)15)10(13)12-3-4-16-2/h7-9H,3-6H2,1-2H3,(H,12,13)(H,14,15). The molecule has 0 heterocycles. The van der Waals surface area contributed by atoms with Crippen LogP contribution in [-0.2, 0) is 14.3 Å². The third kappa shape index (κ3) is 3.20. The number of aliphatic carboxylic acids is 1. The third-order valence-electron chi connectivity index (χ3n) is 3.06. The minimum atomic E-state index is -0.865. The van der Waals surface area contributed by atoms with Crippen LogP contribution in [0.4, 0.5) is 0 Å². The third-order valence-corrected chi connectivity index (χ3v) is 3.06. The van der Waals surface area contributed by atoms with E-state index in [-0.39, 0.29) is 11.8 Å². The van der Waals surface area contributed by atoms with Gasteiger partial charge < -0.3 is 15.2 Å². The molecule has 0 aromatic rings. The summed E-state index contributed by atoms with van der Waals surface area (Å²) < 4.78 is 4.82. The molecule has 5 nitrogen and oxygen atoms in total. The molecule has 2 N–H and O–H groups in total. The van der Waals surface area contributed by atoms with Crippen LogP contribution in [0, 0.1) is 17.8 Å². The minimum Gasteiger partial charge on any atom is -0.481 e. The van der Waals surface area contributed by atoms with Crippen molar-refractivity contribution < 1.29 is 19.4 Å². The first-order valence-corrected chi connectivity index (χ1v) is 5.55. The van der Waals surface area contributed by atoms with E-state index in [1.807, 2.05) is 6.92 Å². The van der Waals surface area contributed by atoms with E-state index in [0.717, 1.165) is 0 Å². The second kappa shape index (κ2) is 5.84. The van der Waals surface area contributed by atoms with Gasteiger partial charge in [0.15, 0.2) is 0 Å². The molecular weight excluding hydrogens is 210 g/mol. The van der Waals surface area contributed by atoms with Crippen LogP contribution < -0.4 is 5.32 Å². The Bertz CT molecular complexity index is 267. The summed E-state index contributed by atoms with van der Waals surface area (Å²) in [7, 11) is 1.56. The Morgan fingerprint density at radius 3 is 2.56 bits per heavy atom. The van der Waals surface area contributed by atoms with Crippen LogP contribution in [0.2, 0.25) is 0 Å². The number of hydrogen-bond acceptors (Lipinski definition) is 3. The van der Waals surface area contributed by atoms with E-state index < -0.39 is 11.9 Å². The molecule has 0 spiro atoms. The Hall–Kier alpha value is -1.10. The van der Waals surface area contributed by atoms with Gasteiger partial charge in [0.1, 0.15) is 0 Å². The number of nitrogens with one attached hydrogen (secondary N) is 1. The maximum Gasteiger partial charge on any atom is 0.307 e. The van der Waals surface area contributed by atoms with Crippen LogP contribution in [0.15, 0.2) is 0 Å². The average molecular weight is 229 g/mol. The maximum absolute atomic E-state index is 11.8. The normalized spacial score (nSPS) is 29.0. The zero-order chi connectivity index (χ0) is 12.1. The van der Waals surface area contributed by atoms with E-state index in [2.05, 4.69) is 5.32 Å². The summed E-state index contributed by atoms with van der Waals surface area (Å²) in [6.45, 7) is 2.87. The van der Waals surface area contributed by atoms with Crippen molar-refractivity contribution >= 4 is 11.9 Å². The van der Waals surface area contributed by atoms with Gasteiger partial charge >= 0.3 is 5.97 Å². The molecule has 1 fully saturated rings. The van der Waals surface area contributed by atoms with Gasteiger partial charge in [0, 0.05) is 13.7 Å². The van der Waals surface area contributed by atoms with Crippen LogP contribution in [-0.4, -0.2) is 37.2 Å². The molecule has 3 unspecified atom stereocenters. The lowest BCUT2D eigenvalue weighted by atomic mass is 9.95. The van der Waals surface area contributed by atoms with Crippen molar-refractivity contribution in [3.8, 4) is 0 Å². The van der Waals surface area contributed by atoms with Crippen molar-refractivity contribution in [3.63, 3.8) is 0 Å². The predicted octanol–water partition coefficient (Wildman–Crippen LogP) is 0.496. The summed E-state index contributed by atoms with van der Waals surface area (Å²) >= 11 is 0. The summed E-state index contributed by atoms with van der Waals surface area (Å²) in [5.74, 6) is -1.63. The lowest BCUT2D eigenvalue weighted by Gasteiger charge is -2.15. The number of carboxylic acids is 1. The van der Waals surface area contributed by atoms with Gasteiger partial charge in [0.25, 0.3) is 0 Å². The quantitative estimate of drug-likeness (QED) is 0.673. The molecule has 0 bridgehead atoms. The zero-order valence-electron chi connectivity index (χ0n) is 9.73. The van der Waals surface area contributed by atoms with Crippen molar-refractivity contribution in [2.45, 2.75) is 19.8 Å². The lowest BCUT2D eigenvalue weighted by molar-refractivity contribution is -0.146. The first kappa shape index (κ1) is 13.0. The largest absolute Gasteiger partial charge is 0.481 e. The smallest absolute Gasteiger partial charge is 0.307 e. The van der Waals surface area contributed by atoms with Gasteiger partial charge in [-0.2, -0.15) is 0 Å². The highest BCUT2D eigenvalue weighted by Gasteiger charge is 2.40. The van der Waals surface area contributed by atoms with Crippen LogP contribution in [0.25, 0.3) is 0 Å². The van der Waals surface area contributed by atoms with Gasteiger partial charge in [-0.3, -0.25) is 9.59 Å². The number of methoxy groups -OCH3 is 1. The number of ether oxygens (including phenoxy) is 1. The Morgan fingerprint density at radius 2 is 2.00 bits per heavy atom. The molecule has 0 aromatic carbocycles. The molecular formula is C11H19NO4. The van der Waals surface area contributed by atoms with Crippen LogP contribution in [0.3, 0.4) is 0 Å². The highest BCUT2D eigenvalue weighted by Crippen LogP contribution is 2.36. The first-order chi connectivity index (χ1) is 7.56. The van der Waals surface area contributed by atoms with Crippen molar-refractivity contribution in [1.29, 1.82) is 0 Å². The van der Waals surface area contributed by atoms with Crippen molar-refractivity contribution in [1.82, 2.24) is 5.32 Å². The molecule has 0 radical (unpaired) electrons. The van der Waals surface area contributed by atoms with E-state index in [0.29, 0.717) is 31.9 Å². The number of carbonyl (C=O) groups is 2. The molecule has 1 rings (SSSR count). The lowest BCUT2D eigenvalue weighted by Crippen LogP contribution is -2.36. The molecule has 3 atom stereocenters. The van der Waals surface area contributed by atoms with E-state index in [1.165, 1.54) is 0 Å². The highest BCUT2D eigenvalue weighted by atomic mass is 16.5. The molecule has 0 aliphatic heterocycles. The Morgan fingerprint density at radius 1 is 1.38 bits per heavy atom. The average Bonchev–Trinajstić information content (AvgIpc) is 2.61. The number of carboxylic acid groups (broad SMARTS) is 1. The van der Waals surface area contributed by atoms with E-state index in [4.69, 9.17) is 9.84 Å². The van der Waals surface area contributed by atoms with Gasteiger partial charge in [-0.05, 0) is 18.8 Å². The van der Waals surface area contributed by atoms with E-state index in [9.17, 15) is 9.59 Å². The number of rotatable bonds is 5. The van der Waals surface area contributed by atoms with Gasteiger partial charge in [-0.25, -0.2) is 0 Å². The first-order valence-electron chi connectivity index (χ1n) is 5.55. The minimum absolute atomic E-state index is 0.159. The van der Waals surface area contributed by atoms with Crippen molar-refractivity contribution in [2.24, 2.45) is 17.8 Å². The molecule has 1 saturated carbocycles.